The Labute approximate surface area is 182 Å². The van der Waals surface area contributed by atoms with Crippen molar-refractivity contribution in [2.75, 3.05) is 13.1 Å². The van der Waals surface area contributed by atoms with Crippen molar-refractivity contribution < 1.29 is 52.7 Å². The molecule has 0 aromatic carbocycles. The maximum Gasteiger partial charge on any atom is 0.400 e. The van der Waals surface area contributed by atoms with Gasteiger partial charge < -0.3 is 0 Å². The normalized spacial score (nSPS) is 12.8. The molecule has 0 unspecified atom stereocenters. The second kappa shape index (κ2) is 12.3. The van der Waals surface area contributed by atoms with Crippen LogP contribution in [0.15, 0.2) is 10.2 Å². The van der Waals surface area contributed by atoms with Crippen LogP contribution in [0.1, 0.15) is 25.7 Å². The average Bonchev–Trinajstić information content (AvgIpc) is 2.75. The number of rotatable bonds is 12. The average molecular weight is 520 g/mol. The summed E-state index contributed by atoms with van der Waals surface area (Å²) >= 11 is 0. The molecule has 0 N–H and O–H groups in total. The van der Waals surface area contributed by atoms with Crippen molar-refractivity contribution in [2.45, 2.75) is 61.2 Å². The van der Waals surface area contributed by atoms with Gasteiger partial charge in [-0.05, 0) is 23.9 Å². The Hall–Kier alpha value is -3.24. The summed E-state index contributed by atoms with van der Waals surface area (Å²) in [4.78, 5) is 5.28. The number of azide groups is 2. The maximum absolute atomic E-state index is 12.8. The minimum Gasteiger partial charge on any atom is -0.192 e. The van der Waals surface area contributed by atoms with Crippen LogP contribution in [0, 0.1) is 22.7 Å². The summed E-state index contributed by atoms with van der Waals surface area (Å²) in [6.07, 6.45) is 3.89. The zero-order valence-corrected chi connectivity index (χ0v) is 16.4. The van der Waals surface area contributed by atoms with Gasteiger partial charge in [0.25, 0.3) is 0 Å². The Kier molecular flexibility index (Phi) is 11.9. The van der Waals surface area contributed by atoms with Crippen LogP contribution in [0.2, 0.25) is 0 Å². The molecule has 0 radical (unpaired) electrons. The highest BCUT2D eigenvalue weighted by atomic mass is 19.4. The number of hydrogen-bond donors (Lipinski definition) is 0. The lowest BCUT2D eigenvalue weighted by molar-refractivity contribution is -0.413. The van der Waals surface area contributed by atoms with Gasteiger partial charge in [-0.1, -0.05) is 23.1 Å². The van der Waals surface area contributed by atoms with Gasteiger partial charge >= 0.3 is 35.5 Å². The van der Waals surface area contributed by atoms with Gasteiger partial charge in [0.1, 0.15) is 12.1 Å². The van der Waals surface area contributed by atoms with Gasteiger partial charge in [0.05, 0.1) is 0 Å². The molecule has 0 aromatic heterocycles. The molecule has 192 valence electrons. The largest absolute Gasteiger partial charge is 0.400 e. The van der Waals surface area contributed by atoms with Gasteiger partial charge in [0.15, 0.2) is 0 Å². The Balaban J connectivity index is 0. The van der Waals surface area contributed by atoms with Crippen LogP contribution in [-0.2, 0) is 0 Å². The van der Waals surface area contributed by atoms with E-state index in [1.807, 2.05) is 0 Å². The van der Waals surface area contributed by atoms with E-state index in [1.54, 1.807) is 0 Å². The molecule has 20 heteroatoms. The first kappa shape index (κ1) is 32.9. The number of nitrogens with zero attached hydrogens (tertiary/aromatic N) is 8. The third-order valence-electron chi connectivity index (χ3n) is 3.65. The Bertz CT molecular complexity index is 778. The predicted octanol–water partition coefficient (Wildman–Crippen LogP) is 7.01. The lowest BCUT2D eigenvalue weighted by atomic mass is 9.92. The zero-order chi connectivity index (χ0) is 27.5. The molecule has 0 spiro atoms. The van der Waals surface area contributed by atoms with E-state index in [0.717, 1.165) is 25.7 Å². The lowest BCUT2D eigenvalue weighted by Crippen LogP contribution is -2.70. The summed E-state index contributed by atoms with van der Waals surface area (Å²) in [5.41, 5.74) is 15.9. The molecule has 0 aliphatic heterocycles. The van der Waals surface area contributed by atoms with Crippen LogP contribution < -0.4 is 0 Å². The van der Waals surface area contributed by atoms with Crippen molar-refractivity contribution in [1.29, 1.82) is 10.5 Å². The minimum atomic E-state index is -7.80. The SMILES string of the molecule is N#CC(F)(F)C(F)(F)C(F)(F)C(F)(F)C(F)(F)C(F)(F)C#N.[N-]=[N+]=NCCCCCCN=[N+]=[N-]. The number of alkyl halides is 12. The smallest absolute Gasteiger partial charge is 0.192 e. The van der Waals surface area contributed by atoms with Gasteiger partial charge in [-0.3, -0.25) is 0 Å². The van der Waals surface area contributed by atoms with E-state index >= 15 is 0 Å². The standard InChI is InChI=1S/C8F12N2.C6H12N6/c9-3(10,1-21)5(13,14)7(17,18)8(19,20)6(15,16)4(11,12)2-22;7-11-9-5-3-1-2-4-6-10-12-8/h;1-6H2. The fourth-order valence-corrected chi connectivity index (χ4v) is 1.74. The molecule has 0 fully saturated rings. The molecule has 0 aliphatic rings. The highest BCUT2D eigenvalue weighted by molar-refractivity contribution is 5.19. The number of hydrogen-bond acceptors (Lipinski definition) is 4. The minimum absolute atomic E-state index is 0.567. The molecule has 0 saturated heterocycles. The zero-order valence-electron chi connectivity index (χ0n) is 16.4. The summed E-state index contributed by atoms with van der Waals surface area (Å²) in [5.74, 6) is -43.7. The predicted molar refractivity (Wildman–Crippen MR) is 87.4 cm³/mol. The molecule has 0 aromatic rings. The topological polar surface area (TPSA) is 145 Å². The van der Waals surface area contributed by atoms with Crippen LogP contribution >= 0.6 is 0 Å². The Morgan fingerprint density at radius 2 is 0.794 bits per heavy atom. The van der Waals surface area contributed by atoms with Crippen molar-refractivity contribution in [3.05, 3.63) is 20.9 Å². The molecule has 0 saturated carbocycles. The summed E-state index contributed by atoms with van der Waals surface area (Å²) < 4.78 is 151. The highest BCUT2D eigenvalue weighted by Gasteiger charge is 2.90. The molecule has 0 rings (SSSR count). The van der Waals surface area contributed by atoms with Crippen molar-refractivity contribution in [1.82, 2.24) is 0 Å². The Morgan fingerprint density at radius 3 is 1.00 bits per heavy atom. The Morgan fingerprint density at radius 1 is 0.529 bits per heavy atom. The summed E-state index contributed by atoms with van der Waals surface area (Å²) in [6, 6.07) is -1.66. The molecule has 0 aliphatic carbocycles. The summed E-state index contributed by atoms with van der Waals surface area (Å²) in [7, 11) is 0. The van der Waals surface area contributed by atoms with Gasteiger partial charge in [0, 0.05) is 22.9 Å². The van der Waals surface area contributed by atoms with Crippen LogP contribution in [0.4, 0.5) is 52.7 Å². The lowest BCUT2D eigenvalue weighted by Gasteiger charge is -2.38. The highest BCUT2D eigenvalue weighted by Crippen LogP contribution is 2.59. The second-order valence-electron chi connectivity index (χ2n) is 5.99. The number of nitriles is 2. The van der Waals surface area contributed by atoms with Gasteiger partial charge in [0.2, 0.25) is 0 Å². The first-order valence-electron chi connectivity index (χ1n) is 8.40. The summed E-state index contributed by atoms with van der Waals surface area (Å²) in [6.45, 7) is 1.13. The number of halogens is 12. The van der Waals surface area contributed by atoms with E-state index in [2.05, 4.69) is 20.1 Å². The molecular formula is C14H12F12N8. The van der Waals surface area contributed by atoms with E-state index < -0.39 is 47.7 Å². The monoisotopic (exact) mass is 520 g/mol. The van der Waals surface area contributed by atoms with Crippen molar-refractivity contribution in [3.8, 4) is 12.1 Å². The van der Waals surface area contributed by atoms with E-state index in [9.17, 15) is 52.7 Å². The fourth-order valence-electron chi connectivity index (χ4n) is 1.74. The van der Waals surface area contributed by atoms with Crippen LogP contribution in [0.5, 0.6) is 0 Å². The molecule has 8 nitrogen and oxygen atoms in total. The van der Waals surface area contributed by atoms with Crippen molar-refractivity contribution in [3.63, 3.8) is 0 Å². The van der Waals surface area contributed by atoms with E-state index in [1.165, 1.54) is 0 Å². The molecule has 0 atom stereocenters. The molecule has 34 heavy (non-hydrogen) atoms. The fraction of sp³-hybridized carbons (Fsp3) is 0.857. The number of unbranched alkanes of at least 4 members (excludes halogenated alkanes) is 3. The van der Waals surface area contributed by atoms with E-state index in [-0.39, 0.29) is 0 Å². The van der Waals surface area contributed by atoms with Crippen LogP contribution in [0.25, 0.3) is 20.9 Å². The van der Waals surface area contributed by atoms with Crippen LogP contribution in [-0.4, -0.2) is 48.6 Å². The molecule has 0 amide bonds. The molecule has 0 bridgehead atoms. The van der Waals surface area contributed by atoms with Gasteiger partial charge in [-0.2, -0.15) is 63.2 Å². The van der Waals surface area contributed by atoms with Gasteiger partial charge in [-0.15, -0.1) is 0 Å². The van der Waals surface area contributed by atoms with E-state index in [4.69, 9.17) is 21.6 Å². The third kappa shape index (κ3) is 6.88. The first-order chi connectivity index (χ1) is 15.3. The molecule has 0 heterocycles. The molecular weight excluding hydrogens is 508 g/mol. The second-order valence-corrected chi connectivity index (χ2v) is 5.99. The van der Waals surface area contributed by atoms with Crippen molar-refractivity contribution in [2.24, 2.45) is 10.2 Å². The van der Waals surface area contributed by atoms with Crippen molar-refractivity contribution >= 4 is 0 Å². The van der Waals surface area contributed by atoms with Crippen LogP contribution in [0.3, 0.4) is 0 Å². The third-order valence-corrected chi connectivity index (χ3v) is 3.65. The first-order valence-corrected chi connectivity index (χ1v) is 8.40. The summed E-state index contributed by atoms with van der Waals surface area (Å²) in [5, 5.41) is 21.9. The van der Waals surface area contributed by atoms with E-state index in [0.29, 0.717) is 13.1 Å². The van der Waals surface area contributed by atoms with Gasteiger partial charge in [-0.25, -0.2) is 0 Å². The quantitative estimate of drug-likeness (QED) is 0.0896. The maximum atomic E-state index is 12.8.